The molecule has 1 heterocycles. The van der Waals surface area contributed by atoms with Crippen molar-refractivity contribution in [2.45, 2.75) is 51.3 Å². The van der Waals surface area contributed by atoms with E-state index in [0.29, 0.717) is 23.8 Å². The van der Waals surface area contributed by atoms with Gasteiger partial charge >= 0.3 is 0 Å². The van der Waals surface area contributed by atoms with E-state index in [1.807, 2.05) is 0 Å². The van der Waals surface area contributed by atoms with Crippen molar-refractivity contribution in [1.29, 1.82) is 0 Å². The van der Waals surface area contributed by atoms with E-state index < -0.39 is 0 Å². The van der Waals surface area contributed by atoms with Gasteiger partial charge in [-0.2, -0.15) is 0 Å². The smallest absolute Gasteiger partial charge is 0.191 e. The van der Waals surface area contributed by atoms with Gasteiger partial charge in [-0.25, -0.2) is 9.97 Å². The highest BCUT2D eigenvalue weighted by molar-refractivity contribution is 7.99. The van der Waals surface area contributed by atoms with Gasteiger partial charge < -0.3 is 21.3 Å². The van der Waals surface area contributed by atoms with Crippen molar-refractivity contribution in [3.63, 3.8) is 0 Å². The fourth-order valence-electron chi connectivity index (χ4n) is 2.45. The molecule has 8 heteroatoms. The number of aliphatic hydroxyl groups is 1. The molecule has 0 radical (unpaired) electrons. The maximum absolute atomic E-state index is 8.55. The zero-order valence-corrected chi connectivity index (χ0v) is 16.2. The third-order valence-electron chi connectivity index (χ3n) is 4.16. The molecule has 1 aromatic rings. The molecule has 2 rings (SSSR count). The Morgan fingerprint density at radius 3 is 2.50 bits per heavy atom. The number of nitrogens with two attached hydrogens (primary N) is 2. The molecule has 1 aromatic heterocycles. The molecule has 1 aliphatic carbocycles. The Hall–Kier alpha value is -0.760. The molecule has 0 bridgehead atoms. The predicted molar refractivity (Wildman–Crippen MR) is 101 cm³/mol. The topological polar surface area (TPSA) is 107 Å². The number of thioether (sulfide) groups is 1. The highest BCUT2D eigenvalue weighted by atomic mass is 35.5. The van der Waals surface area contributed by atoms with Crippen LogP contribution in [0.5, 0.6) is 0 Å². The lowest BCUT2D eigenvalue weighted by atomic mass is 9.99. The molecule has 1 aliphatic rings. The van der Waals surface area contributed by atoms with Gasteiger partial charge in [0.25, 0.3) is 0 Å². The number of nitrogen functional groups attached to an aromatic ring is 2. The second-order valence-electron chi connectivity index (χ2n) is 5.99. The van der Waals surface area contributed by atoms with Gasteiger partial charge in [0.05, 0.1) is 19.3 Å². The van der Waals surface area contributed by atoms with Crippen LogP contribution in [0.25, 0.3) is 0 Å². The summed E-state index contributed by atoms with van der Waals surface area (Å²) in [6, 6.07) is 0. The Kier molecular flexibility index (Phi) is 9.73. The number of aromatic nitrogens is 2. The Labute approximate surface area is 153 Å². The molecule has 1 fully saturated rings. The number of anilines is 2. The van der Waals surface area contributed by atoms with Crippen LogP contribution in [0.1, 0.15) is 40.0 Å². The van der Waals surface area contributed by atoms with Crippen LogP contribution in [0.3, 0.4) is 0 Å². The molecular formula is C16H29ClN4O2S. The van der Waals surface area contributed by atoms with Crippen LogP contribution in [0.2, 0.25) is 5.15 Å². The molecule has 1 unspecified atom stereocenters. The second-order valence-corrected chi connectivity index (χ2v) is 7.41. The standard InChI is InChI=1S/C9H18O2.C7H11ClN4S/c1-7-3-4-9(8(7)2)11-6-5-10;1-2-3-13-7-11-5(8)4(9)6(10)12-7/h7-10H,3-6H2,1-2H3;2-3,9H2,1H3,(H2,10,11,12)/t7-,8-,9?;/m0./s1. The molecule has 6 nitrogen and oxygen atoms in total. The van der Waals surface area contributed by atoms with Crippen LogP contribution in [0, 0.1) is 11.8 Å². The van der Waals surface area contributed by atoms with E-state index in [-0.39, 0.29) is 23.3 Å². The second kappa shape index (κ2) is 11.0. The Bertz CT molecular complexity index is 484. The van der Waals surface area contributed by atoms with Crippen molar-refractivity contribution in [2.75, 3.05) is 30.4 Å². The zero-order chi connectivity index (χ0) is 18.1. The highest BCUT2D eigenvalue weighted by Gasteiger charge is 2.29. The van der Waals surface area contributed by atoms with Gasteiger partial charge in [-0.1, -0.05) is 44.1 Å². The SMILES string of the molecule is CCCSc1nc(N)c(N)c(Cl)n1.C[C@@H]1C(OCCO)CC[C@@H]1C. The third kappa shape index (κ3) is 6.63. The van der Waals surface area contributed by atoms with Crippen molar-refractivity contribution in [3.8, 4) is 0 Å². The van der Waals surface area contributed by atoms with Gasteiger partial charge in [-0.05, 0) is 31.1 Å². The predicted octanol–water partition coefficient (Wildman–Crippen LogP) is 3.23. The summed E-state index contributed by atoms with van der Waals surface area (Å²) in [6.45, 7) is 7.24. The van der Waals surface area contributed by atoms with Gasteiger partial charge in [0.1, 0.15) is 5.69 Å². The Balaban J connectivity index is 0.000000243. The minimum atomic E-state index is 0.150. The molecule has 138 valence electrons. The van der Waals surface area contributed by atoms with Gasteiger partial charge in [0.2, 0.25) is 0 Å². The molecule has 0 spiro atoms. The Morgan fingerprint density at radius 1 is 1.29 bits per heavy atom. The van der Waals surface area contributed by atoms with Crippen LogP contribution < -0.4 is 11.5 Å². The monoisotopic (exact) mass is 376 g/mol. The first-order chi connectivity index (χ1) is 11.4. The van der Waals surface area contributed by atoms with Gasteiger partial charge in [-0.15, -0.1) is 0 Å². The van der Waals surface area contributed by atoms with E-state index in [0.717, 1.165) is 18.1 Å². The molecule has 0 amide bonds. The molecular weight excluding hydrogens is 348 g/mol. The summed E-state index contributed by atoms with van der Waals surface area (Å²) >= 11 is 7.24. The van der Waals surface area contributed by atoms with E-state index in [4.69, 9.17) is 32.9 Å². The lowest BCUT2D eigenvalue weighted by Crippen LogP contribution is -2.20. The lowest BCUT2D eigenvalue weighted by molar-refractivity contribution is 0.00737. The van der Waals surface area contributed by atoms with Gasteiger partial charge in [0.15, 0.2) is 16.1 Å². The summed E-state index contributed by atoms with van der Waals surface area (Å²) in [4.78, 5) is 7.97. The van der Waals surface area contributed by atoms with Crippen LogP contribution in [-0.2, 0) is 4.74 Å². The van der Waals surface area contributed by atoms with E-state index in [1.165, 1.54) is 24.6 Å². The quantitative estimate of drug-likeness (QED) is 0.397. The molecule has 24 heavy (non-hydrogen) atoms. The van der Waals surface area contributed by atoms with Gasteiger partial charge in [0, 0.05) is 5.75 Å². The molecule has 0 aromatic carbocycles. The third-order valence-corrected chi connectivity index (χ3v) is 5.50. The van der Waals surface area contributed by atoms with Crippen LogP contribution >= 0.6 is 23.4 Å². The lowest BCUT2D eigenvalue weighted by Gasteiger charge is -2.17. The van der Waals surface area contributed by atoms with Crippen molar-refractivity contribution in [2.24, 2.45) is 11.8 Å². The number of nitrogens with zero attached hydrogens (tertiary/aromatic N) is 2. The molecule has 1 saturated carbocycles. The number of hydrogen-bond acceptors (Lipinski definition) is 7. The van der Waals surface area contributed by atoms with E-state index in [1.54, 1.807) is 0 Å². The number of ether oxygens (including phenoxy) is 1. The first-order valence-electron chi connectivity index (χ1n) is 8.34. The zero-order valence-electron chi connectivity index (χ0n) is 14.7. The molecule has 5 N–H and O–H groups in total. The highest BCUT2D eigenvalue weighted by Crippen LogP contribution is 2.33. The number of rotatable bonds is 6. The Morgan fingerprint density at radius 2 is 2.00 bits per heavy atom. The summed E-state index contributed by atoms with van der Waals surface area (Å²) < 4.78 is 5.48. The first kappa shape index (κ1) is 21.3. The molecule has 0 saturated heterocycles. The minimum Gasteiger partial charge on any atom is -0.394 e. The number of aliphatic hydroxyl groups excluding tert-OH is 1. The summed E-state index contributed by atoms with van der Waals surface area (Å²) in [7, 11) is 0. The van der Waals surface area contributed by atoms with Crippen molar-refractivity contribution in [1.82, 2.24) is 9.97 Å². The number of halogens is 1. The normalized spacial score (nSPS) is 23.0. The van der Waals surface area contributed by atoms with Crippen LogP contribution in [0.15, 0.2) is 5.16 Å². The maximum atomic E-state index is 8.55. The minimum absolute atomic E-state index is 0.150. The summed E-state index contributed by atoms with van der Waals surface area (Å²) in [5.74, 6) is 2.65. The van der Waals surface area contributed by atoms with Gasteiger partial charge in [-0.3, -0.25) is 0 Å². The van der Waals surface area contributed by atoms with E-state index >= 15 is 0 Å². The van der Waals surface area contributed by atoms with Crippen molar-refractivity contribution >= 4 is 34.9 Å². The average Bonchev–Trinajstić information content (AvgIpc) is 2.88. The van der Waals surface area contributed by atoms with E-state index in [2.05, 4.69) is 30.7 Å². The molecule has 0 aliphatic heterocycles. The van der Waals surface area contributed by atoms with E-state index in [9.17, 15) is 0 Å². The van der Waals surface area contributed by atoms with Crippen molar-refractivity contribution < 1.29 is 9.84 Å². The molecule has 3 atom stereocenters. The first-order valence-corrected chi connectivity index (χ1v) is 9.70. The average molecular weight is 377 g/mol. The maximum Gasteiger partial charge on any atom is 0.191 e. The fraction of sp³-hybridized carbons (Fsp3) is 0.750. The van der Waals surface area contributed by atoms with Crippen LogP contribution in [0.4, 0.5) is 11.5 Å². The number of hydrogen-bond donors (Lipinski definition) is 3. The summed E-state index contributed by atoms with van der Waals surface area (Å²) in [6.07, 6.45) is 3.90. The largest absolute Gasteiger partial charge is 0.394 e. The summed E-state index contributed by atoms with van der Waals surface area (Å²) in [5.41, 5.74) is 11.3. The summed E-state index contributed by atoms with van der Waals surface area (Å²) in [5, 5.41) is 9.36. The fourth-order valence-corrected chi connectivity index (χ4v) is 3.39. The van der Waals surface area contributed by atoms with Crippen molar-refractivity contribution in [3.05, 3.63) is 5.15 Å². The van der Waals surface area contributed by atoms with Crippen LogP contribution in [-0.4, -0.2) is 40.1 Å².